The molecule has 2 rings (SSSR count). The summed E-state index contributed by atoms with van der Waals surface area (Å²) in [5, 5.41) is 3.38. The van der Waals surface area contributed by atoms with Gasteiger partial charge in [-0.3, -0.25) is 9.80 Å². The quantitative estimate of drug-likeness (QED) is 0.872. The molecule has 0 aromatic heterocycles. The summed E-state index contributed by atoms with van der Waals surface area (Å²) >= 11 is 0. The summed E-state index contributed by atoms with van der Waals surface area (Å²) in [6.07, 6.45) is 0. The van der Waals surface area contributed by atoms with E-state index in [9.17, 15) is 0 Å². The van der Waals surface area contributed by atoms with Crippen LogP contribution in [0, 0.1) is 0 Å². The Morgan fingerprint density at radius 2 is 1.58 bits per heavy atom. The molecule has 0 bridgehead atoms. The summed E-state index contributed by atoms with van der Waals surface area (Å²) in [5.74, 6) is 0. The SMILES string of the molecule is CNC(C)(C)CN1CCN(Cc2ccccc2)CC1. The molecule has 0 radical (unpaired) electrons. The van der Waals surface area contributed by atoms with Crippen molar-refractivity contribution in [2.24, 2.45) is 0 Å². The largest absolute Gasteiger partial charge is 0.314 e. The molecule has 0 atom stereocenters. The highest BCUT2D eigenvalue weighted by molar-refractivity contribution is 5.14. The van der Waals surface area contributed by atoms with Crippen LogP contribution in [0.2, 0.25) is 0 Å². The number of nitrogens with one attached hydrogen (secondary N) is 1. The monoisotopic (exact) mass is 261 g/mol. The van der Waals surface area contributed by atoms with E-state index in [0.717, 1.165) is 13.1 Å². The molecule has 3 nitrogen and oxygen atoms in total. The van der Waals surface area contributed by atoms with Crippen molar-refractivity contribution < 1.29 is 0 Å². The maximum absolute atomic E-state index is 3.38. The molecule has 3 heteroatoms. The van der Waals surface area contributed by atoms with Crippen LogP contribution in [0.15, 0.2) is 30.3 Å². The Labute approximate surface area is 117 Å². The average Bonchev–Trinajstić information content (AvgIpc) is 2.42. The zero-order chi connectivity index (χ0) is 13.7. The molecule has 0 unspecified atom stereocenters. The van der Waals surface area contributed by atoms with Crippen molar-refractivity contribution in [2.75, 3.05) is 39.8 Å². The number of likely N-dealkylation sites (N-methyl/N-ethyl adjacent to an activating group) is 1. The Balaban J connectivity index is 1.77. The lowest BCUT2D eigenvalue weighted by atomic mass is 10.0. The van der Waals surface area contributed by atoms with Gasteiger partial charge in [0.05, 0.1) is 0 Å². The highest BCUT2D eigenvalue weighted by Crippen LogP contribution is 2.11. The molecule has 1 aromatic carbocycles. The van der Waals surface area contributed by atoms with E-state index in [4.69, 9.17) is 0 Å². The Morgan fingerprint density at radius 1 is 1.00 bits per heavy atom. The van der Waals surface area contributed by atoms with Crippen LogP contribution in [0.5, 0.6) is 0 Å². The molecule has 1 aliphatic rings. The van der Waals surface area contributed by atoms with E-state index in [1.54, 1.807) is 0 Å². The highest BCUT2D eigenvalue weighted by Gasteiger charge is 2.23. The molecule has 1 saturated heterocycles. The van der Waals surface area contributed by atoms with Crippen molar-refractivity contribution in [2.45, 2.75) is 25.9 Å². The first kappa shape index (κ1) is 14.5. The smallest absolute Gasteiger partial charge is 0.0249 e. The van der Waals surface area contributed by atoms with Gasteiger partial charge in [-0.1, -0.05) is 30.3 Å². The van der Waals surface area contributed by atoms with Gasteiger partial charge in [0.15, 0.2) is 0 Å². The zero-order valence-electron chi connectivity index (χ0n) is 12.5. The van der Waals surface area contributed by atoms with Crippen molar-refractivity contribution in [3.8, 4) is 0 Å². The number of nitrogens with zero attached hydrogens (tertiary/aromatic N) is 2. The molecule has 19 heavy (non-hydrogen) atoms. The number of hydrogen-bond acceptors (Lipinski definition) is 3. The van der Waals surface area contributed by atoms with Crippen molar-refractivity contribution in [1.82, 2.24) is 15.1 Å². The van der Waals surface area contributed by atoms with Gasteiger partial charge in [-0.15, -0.1) is 0 Å². The minimum atomic E-state index is 0.210. The van der Waals surface area contributed by atoms with E-state index < -0.39 is 0 Å². The van der Waals surface area contributed by atoms with Gasteiger partial charge in [-0.05, 0) is 26.5 Å². The van der Waals surface area contributed by atoms with Crippen LogP contribution in [-0.2, 0) is 6.54 Å². The van der Waals surface area contributed by atoms with Gasteiger partial charge in [-0.2, -0.15) is 0 Å². The van der Waals surface area contributed by atoms with Gasteiger partial charge < -0.3 is 5.32 Å². The molecule has 0 spiro atoms. The lowest BCUT2D eigenvalue weighted by Crippen LogP contribution is -2.53. The van der Waals surface area contributed by atoms with Crippen LogP contribution >= 0.6 is 0 Å². The Bertz CT molecular complexity index is 367. The number of rotatable bonds is 5. The third kappa shape index (κ3) is 4.60. The maximum atomic E-state index is 3.38. The fourth-order valence-corrected chi connectivity index (χ4v) is 2.59. The molecule has 1 aliphatic heterocycles. The van der Waals surface area contributed by atoms with E-state index in [2.05, 4.69) is 59.3 Å². The number of piperazine rings is 1. The van der Waals surface area contributed by atoms with E-state index in [1.807, 2.05) is 7.05 Å². The summed E-state index contributed by atoms with van der Waals surface area (Å²) in [5.41, 5.74) is 1.63. The maximum Gasteiger partial charge on any atom is 0.0249 e. The standard InChI is InChI=1S/C16H27N3/c1-16(2,17-3)14-19-11-9-18(10-12-19)13-15-7-5-4-6-8-15/h4-8,17H,9-14H2,1-3H3. The molecular weight excluding hydrogens is 234 g/mol. The normalized spacial score (nSPS) is 18.7. The van der Waals surface area contributed by atoms with Crippen LogP contribution in [0.3, 0.4) is 0 Å². The minimum Gasteiger partial charge on any atom is -0.314 e. The second kappa shape index (κ2) is 6.51. The topological polar surface area (TPSA) is 18.5 Å². The van der Waals surface area contributed by atoms with Crippen molar-refractivity contribution in [1.29, 1.82) is 0 Å². The molecule has 0 saturated carbocycles. The second-order valence-corrected chi connectivity index (χ2v) is 6.17. The fourth-order valence-electron chi connectivity index (χ4n) is 2.59. The van der Waals surface area contributed by atoms with Crippen molar-refractivity contribution in [3.05, 3.63) is 35.9 Å². The lowest BCUT2D eigenvalue weighted by molar-refractivity contribution is 0.106. The minimum absolute atomic E-state index is 0.210. The summed E-state index contributed by atoms with van der Waals surface area (Å²) in [7, 11) is 2.05. The van der Waals surface area contributed by atoms with Crippen LogP contribution in [0.4, 0.5) is 0 Å². The predicted molar refractivity (Wildman–Crippen MR) is 81.3 cm³/mol. The first-order valence-electron chi connectivity index (χ1n) is 7.27. The van der Waals surface area contributed by atoms with E-state index in [0.29, 0.717) is 0 Å². The van der Waals surface area contributed by atoms with Gasteiger partial charge in [0.1, 0.15) is 0 Å². The predicted octanol–water partition coefficient (Wildman–Crippen LogP) is 1.80. The van der Waals surface area contributed by atoms with Crippen molar-refractivity contribution in [3.63, 3.8) is 0 Å². The van der Waals surface area contributed by atoms with Gasteiger partial charge in [0.25, 0.3) is 0 Å². The zero-order valence-corrected chi connectivity index (χ0v) is 12.5. The molecule has 1 fully saturated rings. The van der Waals surface area contributed by atoms with E-state index in [-0.39, 0.29) is 5.54 Å². The number of hydrogen-bond donors (Lipinski definition) is 1. The highest BCUT2D eigenvalue weighted by atomic mass is 15.3. The third-order valence-electron chi connectivity index (χ3n) is 4.01. The molecule has 1 heterocycles. The van der Waals surface area contributed by atoms with Crippen LogP contribution in [0.25, 0.3) is 0 Å². The second-order valence-electron chi connectivity index (χ2n) is 6.17. The van der Waals surface area contributed by atoms with Gasteiger partial charge in [0.2, 0.25) is 0 Å². The number of benzene rings is 1. The van der Waals surface area contributed by atoms with E-state index in [1.165, 1.54) is 31.7 Å². The van der Waals surface area contributed by atoms with Crippen LogP contribution in [0.1, 0.15) is 19.4 Å². The summed E-state index contributed by atoms with van der Waals surface area (Å²) < 4.78 is 0. The summed E-state index contributed by atoms with van der Waals surface area (Å²) in [6.45, 7) is 11.5. The van der Waals surface area contributed by atoms with E-state index >= 15 is 0 Å². The van der Waals surface area contributed by atoms with Gasteiger partial charge >= 0.3 is 0 Å². The fraction of sp³-hybridized carbons (Fsp3) is 0.625. The van der Waals surface area contributed by atoms with Crippen LogP contribution < -0.4 is 5.32 Å². The molecule has 0 aliphatic carbocycles. The Kier molecular flexibility index (Phi) is 4.97. The van der Waals surface area contributed by atoms with Crippen molar-refractivity contribution >= 4 is 0 Å². The Hall–Kier alpha value is -0.900. The first-order valence-corrected chi connectivity index (χ1v) is 7.27. The van der Waals surface area contributed by atoms with Gasteiger partial charge in [-0.25, -0.2) is 0 Å². The molecule has 1 aromatic rings. The Morgan fingerprint density at radius 3 is 2.16 bits per heavy atom. The van der Waals surface area contributed by atoms with Crippen LogP contribution in [-0.4, -0.2) is 55.1 Å². The summed E-state index contributed by atoms with van der Waals surface area (Å²) in [6, 6.07) is 10.8. The third-order valence-corrected chi connectivity index (χ3v) is 4.01. The molecule has 0 amide bonds. The van der Waals surface area contributed by atoms with Gasteiger partial charge in [0, 0.05) is 44.8 Å². The lowest BCUT2D eigenvalue weighted by Gasteiger charge is -2.38. The average molecular weight is 261 g/mol. The summed E-state index contributed by atoms with van der Waals surface area (Å²) in [4.78, 5) is 5.12. The molecule has 106 valence electrons. The molecule has 1 N–H and O–H groups in total. The first-order chi connectivity index (χ1) is 9.09. The molecular formula is C16H27N3.